The van der Waals surface area contributed by atoms with E-state index in [1.165, 1.54) is 24.3 Å². The van der Waals surface area contributed by atoms with E-state index in [9.17, 15) is 30.4 Å². The third-order valence-electron chi connectivity index (χ3n) is 3.53. The van der Waals surface area contributed by atoms with E-state index in [1.54, 1.807) is 0 Å². The molecule has 3 aromatic rings. The van der Waals surface area contributed by atoms with Gasteiger partial charge in [0, 0.05) is 23.4 Å². The molecule has 0 saturated heterocycles. The molecule has 0 aliphatic rings. The molecule has 3 rings (SSSR count). The first-order valence-corrected chi connectivity index (χ1v) is 9.07. The maximum Gasteiger partial charge on any atom is 0.471 e. The second kappa shape index (κ2) is 7.31. The molecule has 0 saturated carbocycles. The molecule has 0 fully saturated rings. The van der Waals surface area contributed by atoms with Crippen molar-refractivity contribution in [2.45, 2.75) is 11.1 Å². The molecule has 0 unspecified atom stereocenters. The molecule has 0 amide bonds. The zero-order chi connectivity index (χ0) is 21.4. The number of rotatable bonds is 5. The van der Waals surface area contributed by atoms with Gasteiger partial charge in [-0.1, -0.05) is 5.16 Å². The highest BCUT2D eigenvalue weighted by molar-refractivity contribution is 7.92. The van der Waals surface area contributed by atoms with E-state index in [0.717, 1.165) is 7.11 Å². The summed E-state index contributed by atoms with van der Waals surface area (Å²) in [6, 6.07) is 5.90. The molecule has 0 atom stereocenters. The van der Waals surface area contributed by atoms with E-state index in [0.29, 0.717) is 12.1 Å². The molecular weight excluding hydrogens is 425 g/mol. The van der Waals surface area contributed by atoms with Crippen molar-refractivity contribution >= 4 is 15.7 Å². The van der Waals surface area contributed by atoms with Gasteiger partial charge in [-0.25, -0.2) is 17.2 Å². The van der Waals surface area contributed by atoms with Crippen molar-refractivity contribution in [3.8, 4) is 17.1 Å². The van der Waals surface area contributed by atoms with Crippen molar-refractivity contribution in [1.82, 2.24) is 10.1 Å². The predicted octanol–water partition coefficient (Wildman–Crippen LogP) is 3.84. The van der Waals surface area contributed by atoms with Gasteiger partial charge in [-0.05, 0) is 24.3 Å². The standard InChI is InChI=1S/C16H10F5N3O4S/c1-27-12-7-9(17)6-11(18)13(12)29(25,26)24-10-4-2-8(3-5-10)14-22-15(28-23-14)16(19,20)21/h2-7,24H,1H3. The van der Waals surface area contributed by atoms with E-state index in [4.69, 9.17) is 4.74 Å². The van der Waals surface area contributed by atoms with Crippen molar-refractivity contribution < 1.29 is 39.6 Å². The fourth-order valence-corrected chi connectivity index (χ4v) is 3.57. The minimum atomic E-state index is -4.81. The first kappa shape index (κ1) is 20.5. The Morgan fingerprint density at radius 2 is 1.76 bits per heavy atom. The number of sulfonamides is 1. The molecule has 0 spiro atoms. The zero-order valence-electron chi connectivity index (χ0n) is 14.3. The Morgan fingerprint density at radius 3 is 2.31 bits per heavy atom. The summed E-state index contributed by atoms with van der Waals surface area (Å²) in [5.74, 6) is -4.83. The third kappa shape index (κ3) is 4.29. The summed E-state index contributed by atoms with van der Waals surface area (Å²) in [5, 5.41) is 3.20. The van der Waals surface area contributed by atoms with Crippen LogP contribution < -0.4 is 9.46 Å². The third-order valence-corrected chi connectivity index (χ3v) is 4.96. The highest BCUT2D eigenvalue weighted by Crippen LogP contribution is 2.31. The summed E-state index contributed by atoms with van der Waals surface area (Å²) in [4.78, 5) is 2.30. The minimum absolute atomic E-state index is 0.0564. The Kier molecular flexibility index (Phi) is 5.17. The maximum absolute atomic E-state index is 14.0. The van der Waals surface area contributed by atoms with Gasteiger partial charge in [0.2, 0.25) is 5.82 Å². The highest BCUT2D eigenvalue weighted by Gasteiger charge is 2.38. The highest BCUT2D eigenvalue weighted by atomic mass is 32.2. The van der Waals surface area contributed by atoms with Crippen LogP contribution in [-0.2, 0) is 16.2 Å². The number of nitrogens with zero attached hydrogens (tertiary/aromatic N) is 2. The Morgan fingerprint density at radius 1 is 1.10 bits per heavy atom. The monoisotopic (exact) mass is 435 g/mol. The number of benzene rings is 2. The minimum Gasteiger partial charge on any atom is -0.495 e. The summed E-state index contributed by atoms with van der Waals surface area (Å²) in [6.45, 7) is 0. The second-order valence-electron chi connectivity index (χ2n) is 5.52. The maximum atomic E-state index is 14.0. The van der Waals surface area contributed by atoms with E-state index < -0.39 is 44.4 Å². The molecule has 0 aliphatic carbocycles. The number of anilines is 1. The van der Waals surface area contributed by atoms with Crippen LogP contribution in [0.4, 0.5) is 27.6 Å². The quantitative estimate of drug-likeness (QED) is 0.612. The van der Waals surface area contributed by atoms with E-state index >= 15 is 0 Å². The summed E-state index contributed by atoms with van der Waals surface area (Å²) in [5.41, 5.74) is 0.0526. The van der Waals surface area contributed by atoms with Crippen LogP contribution >= 0.6 is 0 Å². The molecule has 0 bridgehead atoms. The molecule has 0 aliphatic heterocycles. The lowest BCUT2D eigenvalue weighted by atomic mass is 10.2. The van der Waals surface area contributed by atoms with E-state index in [-0.39, 0.29) is 17.1 Å². The largest absolute Gasteiger partial charge is 0.495 e. The van der Waals surface area contributed by atoms with Crippen molar-refractivity contribution in [1.29, 1.82) is 0 Å². The number of hydrogen-bond donors (Lipinski definition) is 1. The lowest BCUT2D eigenvalue weighted by Crippen LogP contribution is -2.16. The van der Waals surface area contributed by atoms with Gasteiger partial charge in [0.1, 0.15) is 17.4 Å². The summed E-state index contributed by atoms with van der Waals surface area (Å²) in [6.07, 6.45) is -4.81. The fourth-order valence-electron chi connectivity index (χ4n) is 2.30. The molecule has 1 N–H and O–H groups in total. The van der Waals surface area contributed by atoms with Crippen LogP contribution in [0, 0.1) is 11.6 Å². The molecule has 7 nitrogen and oxygen atoms in total. The number of nitrogens with one attached hydrogen (secondary N) is 1. The Hall–Kier alpha value is -3.22. The average molecular weight is 435 g/mol. The van der Waals surface area contributed by atoms with E-state index in [1.807, 2.05) is 0 Å². The molecule has 29 heavy (non-hydrogen) atoms. The van der Waals surface area contributed by atoms with Crippen LogP contribution in [0.2, 0.25) is 0 Å². The number of methoxy groups -OCH3 is 1. The fraction of sp³-hybridized carbons (Fsp3) is 0.125. The Balaban J connectivity index is 1.87. The summed E-state index contributed by atoms with van der Waals surface area (Å²) < 4.78 is 101. The number of hydrogen-bond acceptors (Lipinski definition) is 6. The van der Waals surface area contributed by atoms with Gasteiger partial charge in [-0.2, -0.15) is 18.2 Å². The molecule has 13 heteroatoms. The average Bonchev–Trinajstić information content (AvgIpc) is 3.11. The smallest absolute Gasteiger partial charge is 0.471 e. The first-order valence-electron chi connectivity index (χ1n) is 7.58. The van der Waals surface area contributed by atoms with Crippen LogP contribution in [0.3, 0.4) is 0 Å². The van der Waals surface area contributed by atoms with Gasteiger partial charge in [0.05, 0.1) is 7.11 Å². The van der Waals surface area contributed by atoms with Gasteiger partial charge in [0.15, 0.2) is 4.90 Å². The molecule has 0 radical (unpaired) electrons. The molecule has 1 heterocycles. The number of halogens is 5. The van der Waals surface area contributed by atoms with E-state index in [2.05, 4.69) is 19.4 Å². The molecule has 1 aromatic heterocycles. The lowest BCUT2D eigenvalue weighted by molar-refractivity contribution is -0.159. The van der Waals surface area contributed by atoms with Crippen LogP contribution in [0.15, 0.2) is 45.8 Å². The predicted molar refractivity (Wildman–Crippen MR) is 88.5 cm³/mol. The number of alkyl halides is 3. The summed E-state index contributed by atoms with van der Waals surface area (Å²) in [7, 11) is -3.47. The Bertz CT molecular complexity index is 1140. The van der Waals surface area contributed by atoms with Crippen molar-refractivity contribution in [2.24, 2.45) is 0 Å². The first-order chi connectivity index (χ1) is 13.5. The topological polar surface area (TPSA) is 94.3 Å². The van der Waals surface area contributed by atoms with Crippen molar-refractivity contribution in [2.75, 3.05) is 11.8 Å². The lowest BCUT2D eigenvalue weighted by Gasteiger charge is -2.12. The Labute approximate surface area is 160 Å². The number of aromatic nitrogens is 2. The molecule has 154 valence electrons. The van der Waals surface area contributed by atoms with Crippen LogP contribution in [0.1, 0.15) is 5.89 Å². The van der Waals surface area contributed by atoms with Gasteiger partial charge in [-0.15, -0.1) is 0 Å². The van der Waals surface area contributed by atoms with Crippen molar-refractivity contribution in [3.63, 3.8) is 0 Å². The van der Waals surface area contributed by atoms with Crippen LogP contribution in [0.5, 0.6) is 5.75 Å². The SMILES string of the molecule is COc1cc(F)cc(F)c1S(=O)(=O)Nc1ccc(-c2noc(C(F)(F)F)n2)cc1. The van der Waals surface area contributed by atoms with Gasteiger partial charge in [-0.3, -0.25) is 4.72 Å². The zero-order valence-corrected chi connectivity index (χ0v) is 15.1. The van der Waals surface area contributed by atoms with Crippen LogP contribution in [-0.4, -0.2) is 25.7 Å². The summed E-state index contributed by atoms with van der Waals surface area (Å²) >= 11 is 0. The van der Waals surface area contributed by atoms with Gasteiger partial charge in [0.25, 0.3) is 10.0 Å². The van der Waals surface area contributed by atoms with Crippen LogP contribution in [0.25, 0.3) is 11.4 Å². The van der Waals surface area contributed by atoms with Crippen molar-refractivity contribution in [3.05, 3.63) is 53.9 Å². The molecule has 2 aromatic carbocycles. The normalized spacial score (nSPS) is 12.1. The van der Waals surface area contributed by atoms with Gasteiger partial charge < -0.3 is 9.26 Å². The second-order valence-corrected chi connectivity index (χ2v) is 7.14. The molecular formula is C16H10F5N3O4S. The van der Waals surface area contributed by atoms with Gasteiger partial charge >= 0.3 is 12.1 Å². The number of ether oxygens (including phenoxy) is 1.